The van der Waals surface area contributed by atoms with E-state index in [4.69, 9.17) is 41.2 Å². The van der Waals surface area contributed by atoms with Crippen LogP contribution in [0.4, 0.5) is 0 Å². The molecule has 0 aliphatic carbocycles. The van der Waals surface area contributed by atoms with Crippen LogP contribution in [0, 0.1) is 0 Å². The highest BCUT2D eigenvalue weighted by atomic mass is 35.5. The van der Waals surface area contributed by atoms with Gasteiger partial charge in [-0.15, -0.1) is 15.3 Å². The highest BCUT2D eigenvalue weighted by Gasteiger charge is 2.50. The minimum atomic E-state index is -0.689. The molecular weight excluding hydrogens is 638 g/mol. The molecule has 0 fully saturated rings. The van der Waals surface area contributed by atoms with Gasteiger partial charge in [0.1, 0.15) is 23.0 Å². The fourth-order valence-corrected chi connectivity index (χ4v) is 7.44. The Kier molecular flexibility index (Phi) is 5.13. The van der Waals surface area contributed by atoms with Gasteiger partial charge in [0.05, 0.1) is 5.41 Å². The van der Waals surface area contributed by atoms with E-state index in [9.17, 15) is 0 Å². The average Bonchev–Trinajstić information content (AvgIpc) is 3.89. The zero-order chi connectivity index (χ0) is 32.3. The smallest absolute Gasteiger partial charge is 0.261 e. The maximum atomic E-state index is 6.69. The van der Waals surface area contributed by atoms with E-state index in [2.05, 4.69) is 52.5 Å². The molecule has 0 unspecified atom stereocenters. The molecule has 232 valence electrons. The summed E-state index contributed by atoms with van der Waals surface area (Å²) in [5, 5.41) is 14.1. The molecule has 2 aliphatic rings. The van der Waals surface area contributed by atoms with Gasteiger partial charge in [-0.05, 0) is 35.9 Å². The summed E-state index contributed by atoms with van der Waals surface area (Å²) >= 11 is 6.31. The number of halogens is 1. The van der Waals surface area contributed by atoms with Crippen LogP contribution in [0.15, 0.2) is 121 Å². The summed E-state index contributed by atoms with van der Waals surface area (Å²) < 4.78 is 17.9. The van der Waals surface area contributed by atoms with E-state index in [1.165, 1.54) is 4.52 Å². The first kappa shape index (κ1) is 26.5. The van der Waals surface area contributed by atoms with Crippen molar-refractivity contribution in [2.75, 3.05) is 0 Å². The van der Waals surface area contributed by atoms with Crippen molar-refractivity contribution in [3.8, 4) is 45.8 Å². The van der Waals surface area contributed by atoms with Gasteiger partial charge in [-0.3, -0.25) is 0 Å². The van der Waals surface area contributed by atoms with E-state index >= 15 is 0 Å². The van der Waals surface area contributed by atoms with E-state index in [0.717, 1.165) is 50.6 Å². The molecule has 4 aromatic heterocycles. The van der Waals surface area contributed by atoms with Crippen LogP contribution in [0.5, 0.6) is 23.0 Å². The number of benzene rings is 5. The predicted molar refractivity (Wildman–Crippen MR) is 180 cm³/mol. The summed E-state index contributed by atoms with van der Waals surface area (Å²) in [6, 6.07) is 40.4. The van der Waals surface area contributed by atoms with Crippen LogP contribution >= 0.6 is 11.6 Å². The maximum Gasteiger partial charge on any atom is 0.261 e. The summed E-state index contributed by atoms with van der Waals surface area (Å²) in [6.45, 7) is 0. The molecule has 0 radical (unpaired) electrons. The minimum Gasteiger partial charge on any atom is -0.457 e. The van der Waals surface area contributed by atoms with Crippen molar-refractivity contribution in [1.29, 1.82) is 0 Å². The van der Waals surface area contributed by atoms with Gasteiger partial charge in [0.15, 0.2) is 11.6 Å². The van der Waals surface area contributed by atoms with Gasteiger partial charge in [-0.25, -0.2) is 0 Å². The Balaban J connectivity index is 1.15. The lowest BCUT2D eigenvalue weighted by Crippen LogP contribution is -2.36. The van der Waals surface area contributed by atoms with Crippen LogP contribution in [-0.4, -0.2) is 43.8 Å². The molecule has 9 aromatic rings. The lowest BCUT2D eigenvalue weighted by Gasteiger charge is -2.44. The van der Waals surface area contributed by atoms with Crippen LogP contribution in [0.2, 0.25) is 5.28 Å². The molecule has 0 bridgehead atoms. The predicted octanol–water partition coefficient (Wildman–Crippen LogP) is 7.40. The molecule has 2 aliphatic heterocycles. The van der Waals surface area contributed by atoms with Gasteiger partial charge < -0.3 is 9.47 Å². The Bertz CT molecular complexity index is 2760. The number of para-hydroxylation sites is 3. The minimum absolute atomic E-state index is 0.0545. The third-order valence-electron chi connectivity index (χ3n) is 9.30. The SMILES string of the molecule is Clc1nc2n(n1)c1nc(-c3ccccc3)nn1c1nc(-c3ccc4c(c3)Oc3ccccc3C43c4ccccc4Oc4ccccc43)nn21. The van der Waals surface area contributed by atoms with Gasteiger partial charge in [0.2, 0.25) is 5.28 Å². The Hall–Kier alpha value is -6.59. The number of fused-ring (bicyclic) bond motifs is 14. The van der Waals surface area contributed by atoms with Gasteiger partial charge in [0.25, 0.3) is 17.3 Å². The molecule has 1 spiro atoms. The first-order valence-corrected chi connectivity index (χ1v) is 16.0. The molecule has 12 heteroatoms. The standard InChI is InChI=1S/C37H20ClN9O2/c38-33-41-36-46-34(45-35(47(36)44-33)39-31(42-45)21-10-2-1-3-11-21)40-32(43-46)22-18-19-26-30(20-22)49-29-17-9-6-14-25(29)37(26)23-12-4-7-15-27(23)48-28-16-8-5-13-24(28)37/h1-20H. The van der Waals surface area contributed by atoms with E-state index in [0.29, 0.717) is 34.7 Å². The van der Waals surface area contributed by atoms with E-state index in [1.807, 2.05) is 78.9 Å². The van der Waals surface area contributed by atoms with Crippen molar-refractivity contribution in [2.45, 2.75) is 5.41 Å². The molecule has 6 heterocycles. The monoisotopic (exact) mass is 657 g/mol. The molecule has 0 atom stereocenters. The summed E-state index contributed by atoms with van der Waals surface area (Å²) in [5.74, 6) is 5.18. The molecule has 11 nitrogen and oxygen atoms in total. The summed E-state index contributed by atoms with van der Waals surface area (Å²) in [4.78, 5) is 14.2. The van der Waals surface area contributed by atoms with Gasteiger partial charge >= 0.3 is 0 Å². The molecule has 0 saturated carbocycles. The molecule has 11 rings (SSSR count). The Morgan fingerprint density at radius 2 is 0.918 bits per heavy atom. The van der Waals surface area contributed by atoms with Crippen LogP contribution < -0.4 is 9.47 Å². The normalized spacial score (nSPS) is 13.9. The Morgan fingerprint density at radius 1 is 0.449 bits per heavy atom. The number of aromatic nitrogens is 9. The number of ether oxygens (including phenoxy) is 2. The second-order valence-electron chi connectivity index (χ2n) is 11.9. The quantitative estimate of drug-likeness (QED) is 0.189. The average molecular weight is 658 g/mol. The van der Waals surface area contributed by atoms with Crippen molar-refractivity contribution in [3.05, 3.63) is 149 Å². The zero-order valence-electron chi connectivity index (χ0n) is 25.3. The third-order valence-corrected chi connectivity index (χ3v) is 9.46. The van der Waals surface area contributed by atoms with Gasteiger partial charge in [0, 0.05) is 33.4 Å². The van der Waals surface area contributed by atoms with Crippen LogP contribution in [0.1, 0.15) is 22.3 Å². The Morgan fingerprint density at radius 3 is 1.53 bits per heavy atom. The van der Waals surface area contributed by atoms with E-state index in [-0.39, 0.29) is 5.28 Å². The number of rotatable bonds is 2. The van der Waals surface area contributed by atoms with E-state index < -0.39 is 5.41 Å². The summed E-state index contributed by atoms with van der Waals surface area (Å²) in [6.07, 6.45) is 0. The molecule has 5 aromatic carbocycles. The summed E-state index contributed by atoms with van der Waals surface area (Å²) in [7, 11) is 0. The van der Waals surface area contributed by atoms with Crippen LogP contribution in [-0.2, 0) is 5.41 Å². The highest BCUT2D eigenvalue weighted by molar-refractivity contribution is 6.28. The molecular formula is C37H20ClN9O2. The van der Waals surface area contributed by atoms with Crippen molar-refractivity contribution in [2.24, 2.45) is 0 Å². The van der Waals surface area contributed by atoms with Crippen molar-refractivity contribution < 1.29 is 9.47 Å². The highest BCUT2D eigenvalue weighted by Crippen LogP contribution is 2.61. The molecule has 0 amide bonds. The number of nitrogens with zero attached hydrogens (tertiary/aromatic N) is 9. The first-order chi connectivity index (χ1) is 24.2. The first-order valence-electron chi connectivity index (χ1n) is 15.6. The van der Waals surface area contributed by atoms with Crippen molar-refractivity contribution in [3.63, 3.8) is 0 Å². The number of hydrogen-bond acceptors (Lipinski definition) is 8. The van der Waals surface area contributed by atoms with Crippen LogP contribution in [0.3, 0.4) is 0 Å². The zero-order valence-corrected chi connectivity index (χ0v) is 26.0. The molecule has 0 N–H and O–H groups in total. The van der Waals surface area contributed by atoms with Crippen molar-refractivity contribution >= 4 is 28.9 Å². The fraction of sp³-hybridized carbons (Fsp3) is 0.0270. The molecule has 0 saturated heterocycles. The Labute approximate surface area is 281 Å². The second-order valence-corrected chi connectivity index (χ2v) is 12.2. The largest absolute Gasteiger partial charge is 0.457 e. The van der Waals surface area contributed by atoms with Crippen molar-refractivity contribution in [1.82, 2.24) is 43.8 Å². The lowest BCUT2D eigenvalue weighted by atomic mass is 9.62. The summed E-state index contributed by atoms with van der Waals surface area (Å²) in [5.41, 5.74) is 5.01. The molecule has 49 heavy (non-hydrogen) atoms. The topological polar surface area (TPSA) is 109 Å². The second kappa shape index (κ2) is 9.49. The maximum absolute atomic E-state index is 6.69. The van der Waals surface area contributed by atoms with Gasteiger partial charge in [-0.2, -0.15) is 28.5 Å². The van der Waals surface area contributed by atoms with Gasteiger partial charge in [-0.1, -0.05) is 97.1 Å². The lowest BCUT2D eigenvalue weighted by molar-refractivity contribution is 0.399. The number of hydrogen-bond donors (Lipinski definition) is 0. The van der Waals surface area contributed by atoms with Crippen LogP contribution in [0.25, 0.3) is 40.1 Å². The third kappa shape index (κ3) is 3.51. The van der Waals surface area contributed by atoms with E-state index in [1.54, 1.807) is 9.03 Å². The fourth-order valence-electron chi connectivity index (χ4n) is 7.29.